The van der Waals surface area contributed by atoms with Crippen LogP contribution < -0.4 is 10.6 Å². The third kappa shape index (κ3) is 5.33. The summed E-state index contributed by atoms with van der Waals surface area (Å²) >= 11 is 0. The molecule has 0 atom stereocenters. The third-order valence-corrected chi connectivity index (χ3v) is 3.75. The molecule has 0 aromatic carbocycles. The summed E-state index contributed by atoms with van der Waals surface area (Å²) < 4.78 is 22.4. The van der Waals surface area contributed by atoms with E-state index in [1.807, 2.05) is 0 Å². The smallest absolute Gasteiger partial charge is 0.190 e. The Labute approximate surface area is 114 Å². The summed E-state index contributed by atoms with van der Waals surface area (Å²) in [6, 6.07) is 0. The Bertz CT molecular complexity index is 350. The van der Waals surface area contributed by atoms with E-state index in [2.05, 4.69) is 15.6 Å². The molecule has 0 aromatic rings. The van der Waals surface area contributed by atoms with Crippen LogP contribution >= 0.6 is 24.0 Å². The van der Waals surface area contributed by atoms with Gasteiger partial charge in [0.1, 0.15) is 9.84 Å². The van der Waals surface area contributed by atoms with E-state index >= 15 is 0 Å². The van der Waals surface area contributed by atoms with Crippen LogP contribution in [0.15, 0.2) is 4.99 Å². The first-order valence-electron chi connectivity index (χ1n) is 4.97. The van der Waals surface area contributed by atoms with Crippen LogP contribution in [0.2, 0.25) is 0 Å². The molecule has 0 radical (unpaired) electrons. The average molecular weight is 361 g/mol. The minimum absolute atomic E-state index is 0. The summed E-state index contributed by atoms with van der Waals surface area (Å²) in [5.41, 5.74) is -0.0552. The van der Waals surface area contributed by atoms with Gasteiger partial charge in [0, 0.05) is 32.3 Å². The quantitative estimate of drug-likeness (QED) is 0.427. The zero-order chi connectivity index (χ0) is 11.5. The Morgan fingerprint density at radius 3 is 2.31 bits per heavy atom. The first kappa shape index (κ1) is 16.0. The number of rotatable bonds is 4. The Kier molecular flexibility index (Phi) is 6.02. The molecular formula is C9H20IN3O2S. The number of aliphatic imine (C=N–C) groups is 1. The van der Waals surface area contributed by atoms with Gasteiger partial charge in [0.2, 0.25) is 0 Å². The van der Waals surface area contributed by atoms with Crippen LogP contribution in [0.25, 0.3) is 0 Å². The molecule has 0 spiro atoms. The highest BCUT2D eigenvalue weighted by Crippen LogP contribution is 2.45. The van der Waals surface area contributed by atoms with Gasteiger partial charge in [0.25, 0.3) is 0 Å². The topological polar surface area (TPSA) is 70.6 Å². The number of hydrogen-bond donors (Lipinski definition) is 2. The molecule has 1 aliphatic rings. The molecule has 0 aliphatic heterocycles. The van der Waals surface area contributed by atoms with Crippen molar-refractivity contribution in [1.82, 2.24) is 10.6 Å². The molecule has 0 saturated heterocycles. The van der Waals surface area contributed by atoms with Gasteiger partial charge in [-0.15, -0.1) is 24.0 Å². The van der Waals surface area contributed by atoms with Gasteiger partial charge in [0.15, 0.2) is 5.96 Å². The highest BCUT2D eigenvalue weighted by atomic mass is 127. The summed E-state index contributed by atoms with van der Waals surface area (Å²) in [5.74, 6) is 0.975. The predicted octanol–water partition coefficient (Wildman–Crippen LogP) is 0.224. The highest BCUT2D eigenvalue weighted by molar-refractivity contribution is 14.0. The van der Waals surface area contributed by atoms with Gasteiger partial charge in [-0.05, 0) is 12.8 Å². The van der Waals surface area contributed by atoms with Crippen LogP contribution in [-0.4, -0.2) is 47.0 Å². The van der Waals surface area contributed by atoms with E-state index in [0.29, 0.717) is 12.5 Å². The molecule has 1 rings (SSSR count). The first-order valence-corrected chi connectivity index (χ1v) is 7.03. The van der Waals surface area contributed by atoms with Crippen LogP contribution in [-0.2, 0) is 9.84 Å². The zero-order valence-electron chi connectivity index (χ0n) is 9.91. The normalized spacial score (nSPS) is 18.6. The summed E-state index contributed by atoms with van der Waals surface area (Å²) in [4.78, 5) is 3.98. The lowest BCUT2D eigenvalue weighted by molar-refractivity contribution is 0.530. The lowest BCUT2D eigenvalue weighted by Crippen LogP contribution is -2.39. The summed E-state index contributed by atoms with van der Waals surface area (Å²) in [5, 5.41) is 6.02. The van der Waals surface area contributed by atoms with Crippen molar-refractivity contribution in [2.45, 2.75) is 12.8 Å². The van der Waals surface area contributed by atoms with E-state index < -0.39 is 9.84 Å². The van der Waals surface area contributed by atoms with Crippen LogP contribution in [0.3, 0.4) is 0 Å². The third-order valence-electron chi connectivity index (χ3n) is 2.62. The maximum Gasteiger partial charge on any atom is 0.190 e. The van der Waals surface area contributed by atoms with Gasteiger partial charge in [-0.25, -0.2) is 8.42 Å². The molecule has 7 heteroatoms. The standard InChI is InChI=1S/C9H19N3O2S.HI/c1-10-8(11-2)12-6-9(4-5-9)7-15(3,13)14;/h4-7H2,1-3H3,(H2,10,11,12);1H. The Hall–Kier alpha value is -0.0500. The van der Waals surface area contributed by atoms with Crippen molar-refractivity contribution in [3.05, 3.63) is 0 Å². The fraction of sp³-hybridized carbons (Fsp3) is 0.889. The molecule has 0 heterocycles. The highest BCUT2D eigenvalue weighted by Gasteiger charge is 2.45. The first-order chi connectivity index (χ1) is 6.91. The fourth-order valence-corrected chi connectivity index (χ4v) is 3.16. The van der Waals surface area contributed by atoms with Crippen LogP contribution in [0, 0.1) is 5.41 Å². The molecule has 0 unspecified atom stereocenters. The largest absolute Gasteiger partial charge is 0.359 e. The maximum absolute atomic E-state index is 11.2. The second-order valence-electron chi connectivity index (χ2n) is 4.25. The maximum atomic E-state index is 11.2. The molecule has 1 aliphatic carbocycles. The number of nitrogens with zero attached hydrogens (tertiary/aromatic N) is 1. The van der Waals surface area contributed by atoms with E-state index in [1.165, 1.54) is 6.26 Å². The molecule has 1 fully saturated rings. The SMILES string of the molecule is CN=C(NC)NCC1(CS(C)(=O)=O)CC1.I. The molecule has 0 bridgehead atoms. The number of halogens is 1. The number of sulfone groups is 1. The van der Waals surface area contributed by atoms with Gasteiger partial charge in [-0.2, -0.15) is 0 Å². The average Bonchev–Trinajstić information content (AvgIpc) is 2.84. The summed E-state index contributed by atoms with van der Waals surface area (Å²) in [6.45, 7) is 0.674. The van der Waals surface area contributed by atoms with E-state index in [1.54, 1.807) is 14.1 Å². The van der Waals surface area contributed by atoms with E-state index in [-0.39, 0.29) is 35.1 Å². The number of nitrogens with one attached hydrogen (secondary N) is 2. The monoisotopic (exact) mass is 361 g/mol. The molecule has 2 N–H and O–H groups in total. The van der Waals surface area contributed by atoms with Crippen LogP contribution in [0.5, 0.6) is 0 Å². The van der Waals surface area contributed by atoms with E-state index in [9.17, 15) is 8.42 Å². The number of guanidine groups is 1. The van der Waals surface area contributed by atoms with Crippen molar-refractivity contribution in [3.63, 3.8) is 0 Å². The van der Waals surface area contributed by atoms with Gasteiger partial charge < -0.3 is 10.6 Å². The molecular weight excluding hydrogens is 341 g/mol. The molecule has 0 amide bonds. The van der Waals surface area contributed by atoms with Crippen LogP contribution in [0.4, 0.5) is 0 Å². The lowest BCUT2D eigenvalue weighted by atomic mass is 10.1. The Morgan fingerprint density at radius 1 is 1.44 bits per heavy atom. The molecule has 96 valence electrons. The summed E-state index contributed by atoms with van der Waals surface area (Å²) in [7, 11) is 0.592. The second kappa shape index (κ2) is 6.04. The fourth-order valence-electron chi connectivity index (χ4n) is 1.66. The van der Waals surface area contributed by atoms with Crippen molar-refractivity contribution in [2.75, 3.05) is 32.6 Å². The van der Waals surface area contributed by atoms with Gasteiger partial charge in [-0.3, -0.25) is 4.99 Å². The summed E-state index contributed by atoms with van der Waals surface area (Å²) in [6.07, 6.45) is 3.25. The van der Waals surface area contributed by atoms with Crippen molar-refractivity contribution >= 4 is 39.8 Å². The van der Waals surface area contributed by atoms with Crippen molar-refractivity contribution in [1.29, 1.82) is 0 Å². The van der Waals surface area contributed by atoms with Gasteiger partial charge in [-0.1, -0.05) is 0 Å². The van der Waals surface area contributed by atoms with E-state index in [4.69, 9.17) is 0 Å². The molecule has 5 nitrogen and oxygen atoms in total. The minimum atomic E-state index is -2.88. The lowest BCUT2D eigenvalue weighted by Gasteiger charge is -2.16. The van der Waals surface area contributed by atoms with Crippen molar-refractivity contribution in [2.24, 2.45) is 10.4 Å². The van der Waals surface area contributed by atoms with Gasteiger partial charge >= 0.3 is 0 Å². The molecule has 1 saturated carbocycles. The Morgan fingerprint density at radius 2 is 2.00 bits per heavy atom. The van der Waals surface area contributed by atoms with Crippen LogP contribution in [0.1, 0.15) is 12.8 Å². The molecule has 0 aromatic heterocycles. The molecule has 16 heavy (non-hydrogen) atoms. The van der Waals surface area contributed by atoms with Crippen molar-refractivity contribution in [3.8, 4) is 0 Å². The number of hydrogen-bond acceptors (Lipinski definition) is 3. The Balaban J connectivity index is 0.00000225. The zero-order valence-corrected chi connectivity index (χ0v) is 13.1. The van der Waals surface area contributed by atoms with Crippen molar-refractivity contribution < 1.29 is 8.42 Å². The minimum Gasteiger partial charge on any atom is -0.359 e. The van der Waals surface area contributed by atoms with Gasteiger partial charge in [0.05, 0.1) is 5.75 Å². The second-order valence-corrected chi connectivity index (χ2v) is 6.39. The predicted molar refractivity (Wildman–Crippen MR) is 77.2 cm³/mol. The van der Waals surface area contributed by atoms with E-state index in [0.717, 1.165) is 12.8 Å².